The number of amides is 1. The van der Waals surface area contributed by atoms with Crippen LogP contribution in [0.3, 0.4) is 0 Å². The van der Waals surface area contributed by atoms with Crippen LogP contribution < -0.4 is 9.47 Å². The number of likely N-dealkylation sites (tertiary alicyclic amines) is 1. The highest BCUT2D eigenvalue weighted by molar-refractivity contribution is 8.00. The summed E-state index contributed by atoms with van der Waals surface area (Å²) in [6, 6.07) is 9.56. The molecule has 1 saturated heterocycles. The Morgan fingerprint density at radius 3 is 2.96 bits per heavy atom. The lowest BCUT2D eigenvalue weighted by molar-refractivity contribution is -0.127. The number of hydrogen-bond donors (Lipinski definition) is 1. The van der Waals surface area contributed by atoms with Crippen LogP contribution in [0.25, 0.3) is 0 Å². The third-order valence-electron chi connectivity index (χ3n) is 5.44. The van der Waals surface area contributed by atoms with Gasteiger partial charge in [0.15, 0.2) is 0 Å². The summed E-state index contributed by atoms with van der Waals surface area (Å²) in [7, 11) is 1.62. The topological polar surface area (TPSA) is 71.9 Å². The first-order valence-corrected chi connectivity index (χ1v) is 9.86. The minimum absolute atomic E-state index is 0.00951. The highest BCUT2D eigenvalue weighted by atomic mass is 32.2. The van der Waals surface area contributed by atoms with Crippen LogP contribution in [0, 0.1) is 5.41 Å². The molecule has 2 aliphatic heterocycles. The monoisotopic (exact) mass is 386 g/mol. The van der Waals surface area contributed by atoms with Gasteiger partial charge in [0, 0.05) is 47.9 Å². The fourth-order valence-electron chi connectivity index (χ4n) is 3.89. The van der Waals surface area contributed by atoms with Gasteiger partial charge in [0.05, 0.1) is 31.5 Å². The van der Waals surface area contributed by atoms with Gasteiger partial charge in [-0.1, -0.05) is 6.07 Å². The van der Waals surface area contributed by atoms with Crippen molar-refractivity contribution in [2.45, 2.75) is 10.8 Å². The van der Waals surface area contributed by atoms with Gasteiger partial charge in [-0.15, -0.1) is 11.8 Å². The fourth-order valence-corrected chi connectivity index (χ4v) is 4.67. The SMILES string of the molecule is COc1ccc2c(c1)OC[C@]1(CO)CN(C(=O)CSc3ccncc3)C[C@H]21. The number of hydrogen-bond acceptors (Lipinski definition) is 6. The maximum absolute atomic E-state index is 12.8. The van der Waals surface area contributed by atoms with Crippen LogP contribution in [-0.4, -0.2) is 60.1 Å². The molecule has 0 saturated carbocycles. The molecule has 0 radical (unpaired) electrons. The average Bonchev–Trinajstić information content (AvgIpc) is 3.13. The number of aliphatic hydroxyl groups excluding tert-OH is 1. The zero-order valence-corrected chi connectivity index (χ0v) is 15.9. The number of carbonyl (C=O) groups is 1. The van der Waals surface area contributed by atoms with Crippen molar-refractivity contribution in [3.8, 4) is 11.5 Å². The summed E-state index contributed by atoms with van der Waals surface area (Å²) in [4.78, 5) is 19.7. The molecule has 2 atom stereocenters. The van der Waals surface area contributed by atoms with Crippen LogP contribution >= 0.6 is 11.8 Å². The molecular formula is C20H22N2O4S. The molecule has 1 N–H and O–H groups in total. The van der Waals surface area contributed by atoms with Crippen LogP contribution in [0.4, 0.5) is 0 Å². The van der Waals surface area contributed by atoms with Crippen LogP contribution in [-0.2, 0) is 4.79 Å². The first-order chi connectivity index (χ1) is 13.1. The highest BCUT2D eigenvalue weighted by Gasteiger charge is 2.52. The molecule has 4 rings (SSSR count). The molecule has 6 nitrogen and oxygen atoms in total. The van der Waals surface area contributed by atoms with E-state index in [-0.39, 0.29) is 18.4 Å². The van der Waals surface area contributed by atoms with E-state index in [0.717, 1.165) is 22.0 Å². The Morgan fingerprint density at radius 2 is 2.22 bits per heavy atom. The van der Waals surface area contributed by atoms with Crippen molar-refractivity contribution in [1.82, 2.24) is 9.88 Å². The quantitative estimate of drug-likeness (QED) is 0.794. The number of nitrogens with zero attached hydrogens (tertiary/aromatic N) is 2. The van der Waals surface area contributed by atoms with Gasteiger partial charge < -0.3 is 19.5 Å². The van der Waals surface area contributed by atoms with E-state index in [1.54, 1.807) is 19.5 Å². The number of methoxy groups -OCH3 is 1. The number of fused-ring (bicyclic) bond motifs is 3. The van der Waals surface area contributed by atoms with E-state index < -0.39 is 5.41 Å². The number of benzene rings is 1. The molecule has 0 bridgehead atoms. The Morgan fingerprint density at radius 1 is 1.41 bits per heavy atom. The molecule has 1 fully saturated rings. The Kier molecular flexibility index (Phi) is 4.97. The molecule has 0 spiro atoms. The predicted molar refractivity (Wildman–Crippen MR) is 102 cm³/mol. The molecule has 142 valence electrons. The highest BCUT2D eigenvalue weighted by Crippen LogP contribution is 2.50. The average molecular weight is 386 g/mol. The lowest BCUT2D eigenvalue weighted by Crippen LogP contribution is -2.42. The van der Waals surface area contributed by atoms with Crippen molar-refractivity contribution in [2.75, 3.05) is 39.2 Å². The van der Waals surface area contributed by atoms with Gasteiger partial charge in [-0.05, 0) is 18.2 Å². The first kappa shape index (κ1) is 18.1. The molecule has 1 aromatic heterocycles. The molecule has 1 aromatic carbocycles. The number of ether oxygens (including phenoxy) is 2. The summed E-state index contributed by atoms with van der Waals surface area (Å²) in [5.74, 6) is 2.03. The first-order valence-electron chi connectivity index (χ1n) is 8.87. The Bertz CT molecular complexity index is 832. The number of aromatic nitrogens is 1. The Balaban J connectivity index is 1.51. The van der Waals surface area contributed by atoms with Gasteiger partial charge in [-0.2, -0.15) is 0 Å². The zero-order chi connectivity index (χ0) is 18.9. The minimum atomic E-state index is -0.446. The van der Waals surface area contributed by atoms with E-state index in [1.807, 2.05) is 35.2 Å². The molecule has 3 heterocycles. The van der Waals surface area contributed by atoms with Crippen LogP contribution in [0.2, 0.25) is 0 Å². The van der Waals surface area contributed by atoms with Gasteiger partial charge in [0.2, 0.25) is 5.91 Å². The number of thioether (sulfide) groups is 1. The molecule has 0 aliphatic carbocycles. The van der Waals surface area contributed by atoms with Gasteiger partial charge >= 0.3 is 0 Å². The maximum atomic E-state index is 12.8. The van der Waals surface area contributed by atoms with Gasteiger partial charge in [0.1, 0.15) is 11.5 Å². The largest absolute Gasteiger partial charge is 0.497 e. The third-order valence-corrected chi connectivity index (χ3v) is 6.44. The standard InChI is InChI=1S/C20H22N2O4S/c1-25-14-2-3-16-17-9-22(11-20(17,12-23)13-26-18(16)8-14)19(24)10-27-15-4-6-21-7-5-15/h2-8,17,23H,9-13H2,1H3/t17-,20-/m1/s1. The van der Waals surface area contributed by atoms with E-state index in [9.17, 15) is 9.90 Å². The Labute approximate surface area is 162 Å². The van der Waals surface area contributed by atoms with Crippen molar-refractivity contribution in [3.63, 3.8) is 0 Å². The van der Waals surface area contributed by atoms with E-state index in [4.69, 9.17) is 9.47 Å². The summed E-state index contributed by atoms with van der Waals surface area (Å²) >= 11 is 1.50. The number of rotatable bonds is 5. The second kappa shape index (κ2) is 7.40. The lowest BCUT2D eigenvalue weighted by atomic mass is 9.74. The molecule has 7 heteroatoms. The maximum Gasteiger partial charge on any atom is 0.232 e. The van der Waals surface area contributed by atoms with E-state index >= 15 is 0 Å². The lowest BCUT2D eigenvalue weighted by Gasteiger charge is -2.37. The van der Waals surface area contributed by atoms with Crippen LogP contribution in [0.15, 0.2) is 47.6 Å². The van der Waals surface area contributed by atoms with Crippen molar-refractivity contribution < 1.29 is 19.4 Å². The van der Waals surface area contributed by atoms with Gasteiger partial charge in [-0.25, -0.2) is 0 Å². The van der Waals surface area contributed by atoms with Crippen molar-refractivity contribution in [1.29, 1.82) is 0 Å². The smallest absolute Gasteiger partial charge is 0.232 e. The minimum Gasteiger partial charge on any atom is -0.497 e. The zero-order valence-electron chi connectivity index (χ0n) is 15.1. The Hall–Kier alpha value is -2.25. The van der Waals surface area contributed by atoms with Gasteiger partial charge in [-0.3, -0.25) is 9.78 Å². The summed E-state index contributed by atoms with van der Waals surface area (Å²) < 4.78 is 11.2. The summed E-state index contributed by atoms with van der Waals surface area (Å²) in [5.41, 5.74) is 0.590. The molecule has 2 aliphatic rings. The van der Waals surface area contributed by atoms with Crippen LogP contribution in [0.1, 0.15) is 11.5 Å². The van der Waals surface area contributed by atoms with E-state index in [0.29, 0.717) is 25.4 Å². The van der Waals surface area contributed by atoms with E-state index in [1.165, 1.54) is 11.8 Å². The summed E-state index contributed by atoms with van der Waals surface area (Å²) in [6.07, 6.45) is 3.45. The number of aliphatic hydroxyl groups is 1. The third kappa shape index (κ3) is 3.37. The van der Waals surface area contributed by atoms with E-state index in [2.05, 4.69) is 4.98 Å². The predicted octanol–water partition coefficient (Wildman–Crippen LogP) is 2.18. The summed E-state index contributed by atoms with van der Waals surface area (Å²) in [5, 5.41) is 10.1. The van der Waals surface area contributed by atoms with Crippen molar-refractivity contribution in [2.24, 2.45) is 5.41 Å². The van der Waals surface area contributed by atoms with Crippen molar-refractivity contribution in [3.05, 3.63) is 48.3 Å². The van der Waals surface area contributed by atoms with Crippen molar-refractivity contribution >= 4 is 17.7 Å². The summed E-state index contributed by atoms with van der Waals surface area (Å²) in [6.45, 7) is 1.49. The molecule has 27 heavy (non-hydrogen) atoms. The van der Waals surface area contributed by atoms with Crippen LogP contribution in [0.5, 0.6) is 11.5 Å². The normalized spacial score (nSPS) is 23.3. The number of pyridine rings is 1. The second-order valence-electron chi connectivity index (χ2n) is 7.01. The van der Waals surface area contributed by atoms with Gasteiger partial charge in [0.25, 0.3) is 0 Å². The molecule has 0 unspecified atom stereocenters. The molecule has 2 aromatic rings. The molecular weight excluding hydrogens is 364 g/mol. The second-order valence-corrected chi connectivity index (χ2v) is 8.06. The molecule has 1 amide bonds. The number of carbonyl (C=O) groups excluding carboxylic acids is 1. The fraction of sp³-hybridized carbons (Fsp3) is 0.400.